The largest absolute Gasteiger partial charge is 0.369 e. The highest BCUT2D eigenvalue weighted by molar-refractivity contribution is 7.92. The van der Waals surface area contributed by atoms with Crippen molar-refractivity contribution in [2.75, 3.05) is 37.6 Å². The number of nitrogens with two attached hydrogens (primary N) is 1. The van der Waals surface area contributed by atoms with Gasteiger partial charge in [-0.05, 0) is 56.8 Å². The minimum atomic E-state index is -3.59. The van der Waals surface area contributed by atoms with Gasteiger partial charge in [0.15, 0.2) is 9.84 Å². The van der Waals surface area contributed by atoms with Gasteiger partial charge in [-0.25, -0.2) is 8.42 Å². The second-order valence-corrected chi connectivity index (χ2v) is 11.5. The van der Waals surface area contributed by atoms with E-state index in [0.717, 1.165) is 51.3 Å². The number of benzene rings is 1. The smallest absolute Gasteiger partial charge is 0.224 e. The van der Waals surface area contributed by atoms with Gasteiger partial charge in [-0.2, -0.15) is 0 Å². The van der Waals surface area contributed by atoms with Crippen LogP contribution in [-0.4, -0.2) is 62.9 Å². The van der Waals surface area contributed by atoms with Crippen LogP contribution >= 0.6 is 11.6 Å². The third-order valence-corrected chi connectivity index (χ3v) is 9.46. The average molecular weight is 455 g/mol. The summed E-state index contributed by atoms with van der Waals surface area (Å²) < 4.78 is 26.5. The molecular weight excluding hydrogens is 424 g/mol. The third-order valence-electron chi connectivity index (χ3n) is 6.76. The Morgan fingerprint density at radius 2 is 1.93 bits per heavy atom. The standard InChI is InChI=1S/C21H31ClN4O3S/c1-2-25-9-11-26(12-10-25)16-4-6-19(18(22)14-16)30(28,29)17-5-3-15(13-17)20(27)24-21(23)7-8-21/h4,6,14-15,17H,2-3,5,7-13,23H2,1H3,(H,24,27)/t15-,17-/m0/s1. The maximum atomic E-state index is 13.2. The highest BCUT2D eigenvalue weighted by Crippen LogP contribution is 2.38. The number of sulfone groups is 1. The molecule has 1 aliphatic heterocycles. The van der Waals surface area contributed by atoms with Gasteiger partial charge >= 0.3 is 0 Å². The van der Waals surface area contributed by atoms with E-state index in [0.29, 0.717) is 19.3 Å². The van der Waals surface area contributed by atoms with E-state index < -0.39 is 20.8 Å². The number of anilines is 1. The van der Waals surface area contributed by atoms with Crippen LogP contribution in [0.4, 0.5) is 5.69 Å². The van der Waals surface area contributed by atoms with E-state index in [2.05, 4.69) is 22.0 Å². The van der Waals surface area contributed by atoms with E-state index in [-0.39, 0.29) is 21.7 Å². The molecule has 30 heavy (non-hydrogen) atoms. The molecule has 0 radical (unpaired) electrons. The monoisotopic (exact) mass is 454 g/mol. The Kier molecular flexibility index (Phi) is 6.05. The molecule has 1 aromatic rings. The lowest BCUT2D eigenvalue weighted by Gasteiger charge is -2.35. The molecule has 2 atom stereocenters. The molecule has 0 bridgehead atoms. The van der Waals surface area contributed by atoms with Crippen LogP contribution < -0.4 is 16.0 Å². The third kappa shape index (κ3) is 4.47. The van der Waals surface area contributed by atoms with Gasteiger partial charge in [-0.15, -0.1) is 0 Å². The van der Waals surface area contributed by atoms with Gasteiger partial charge < -0.3 is 20.9 Å². The summed E-state index contributed by atoms with van der Waals surface area (Å²) in [5.41, 5.74) is 6.34. The van der Waals surface area contributed by atoms with Gasteiger partial charge in [0.05, 0.1) is 20.8 Å². The molecule has 4 rings (SSSR count). The summed E-state index contributed by atoms with van der Waals surface area (Å²) in [6, 6.07) is 5.25. The maximum Gasteiger partial charge on any atom is 0.224 e. The first-order valence-electron chi connectivity index (χ1n) is 10.8. The molecule has 166 valence electrons. The Labute approximate surface area is 183 Å². The molecule has 0 spiro atoms. The van der Waals surface area contributed by atoms with Crippen LogP contribution in [0, 0.1) is 5.92 Å². The molecule has 0 unspecified atom stereocenters. The van der Waals surface area contributed by atoms with Crippen LogP contribution in [0.25, 0.3) is 0 Å². The minimum Gasteiger partial charge on any atom is -0.369 e. The van der Waals surface area contributed by atoms with Gasteiger partial charge in [0, 0.05) is 37.8 Å². The van der Waals surface area contributed by atoms with Crippen LogP contribution in [-0.2, 0) is 14.6 Å². The van der Waals surface area contributed by atoms with E-state index in [4.69, 9.17) is 17.3 Å². The molecule has 1 heterocycles. The Morgan fingerprint density at radius 1 is 1.23 bits per heavy atom. The zero-order valence-corrected chi connectivity index (χ0v) is 19.0. The molecule has 2 saturated carbocycles. The highest BCUT2D eigenvalue weighted by atomic mass is 35.5. The molecule has 3 aliphatic rings. The lowest BCUT2D eigenvalue weighted by Crippen LogP contribution is -2.46. The van der Waals surface area contributed by atoms with Gasteiger partial charge in [-0.1, -0.05) is 18.5 Å². The number of halogens is 1. The van der Waals surface area contributed by atoms with E-state index in [1.165, 1.54) is 0 Å². The molecule has 1 amide bonds. The van der Waals surface area contributed by atoms with Crippen molar-refractivity contribution in [1.82, 2.24) is 10.2 Å². The number of hydrogen-bond acceptors (Lipinski definition) is 6. The van der Waals surface area contributed by atoms with Gasteiger partial charge in [0.1, 0.15) is 0 Å². The van der Waals surface area contributed by atoms with E-state index in [1.54, 1.807) is 12.1 Å². The molecule has 0 aromatic heterocycles. The van der Waals surface area contributed by atoms with Gasteiger partial charge in [-0.3, -0.25) is 4.79 Å². The summed E-state index contributed by atoms with van der Waals surface area (Å²) in [4.78, 5) is 17.2. The zero-order chi connectivity index (χ0) is 21.5. The number of carbonyl (C=O) groups is 1. The fourth-order valence-electron chi connectivity index (χ4n) is 4.49. The number of carbonyl (C=O) groups excluding carboxylic acids is 1. The molecule has 2 aliphatic carbocycles. The SMILES string of the molecule is CCN1CCN(c2ccc(S(=O)(=O)[C@H]3CC[C@H](C(=O)NC4(N)CC4)C3)c(Cl)c2)CC1. The summed E-state index contributed by atoms with van der Waals surface area (Å²) in [6.45, 7) is 6.98. The summed E-state index contributed by atoms with van der Waals surface area (Å²) in [5, 5.41) is 2.53. The van der Waals surface area contributed by atoms with Crippen molar-refractivity contribution in [3.63, 3.8) is 0 Å². The van der Waals surface area contributed by atoms with Crippen LogP contribution in [0.15, 0.2) is 23.1 Å². The number of nitrogens with one attached hydrogen (secondary N) is 1. The molecule has 3 fully saturated rings. The Bertz CT molecular complexity index is 911. The summed E-state index contributed by atoms with van der Waals surface area (Å²) >= 11 is 6.45. The molecule has 9 heteroatoms. The van der Waals surface area contributed by atoms with E-state index in [9.17, 15) is 13.2 Å². The lowest BCUT2D eigenvalue weighted by atomic mass is 10.1. The zero-order valence-electron chi connectivity index (χ0n) is 17.4. The first kappa shape index (κ1) is 21.9. The van der Waals surface area contributed by atoms with Crippen molar-refractivity contribution in [3.8, 4) is 0 Å². The highest BCUT2D eigenvalue weighted by Gasteiger charge is 2.44. The molecule has 1 saturated heterocycles. The number of nitrogens with zero attached hydrogens (tertiary/aromatic N) is 2. The average Bonchev–Trinajstić information content (AvgIpc) is 3.24. The number of hydrogen-bond donors (Lipinski definition) is 2. The number of piperazine rings is 1. The van der Waals surface area contributed by atoms with Crippen molar-refractivity contribution in [3.05, 3.63) is 23.2 Å². The first-order chi connectivity index (χ1) is 14.2. The van der Waals surface area contributed by atoms with Crippen LogP contribution in [0.2, 0.25) is 5.02 Å². The second-order valence-electron chi connectivity index (χ2n) is 8.86. The molecule has 7 nitrogen and oxygen atoms in total. The Morgan fingerprint density at radius 3 is 2.53 bits per heavy atom. The fraction of sp³-hybridized carbons (Fsp3) is 0.667. The summed E-state index contributed by atoms with van der Waals surface area (Å²) in [5.74, 6) is -0.431. The Hall–Kier alpha value is -1.35. The van der Waals surface area contributed by atoms with Crippen molar-refractivity contribution in [1.29, 1.82) is 0 Å². The number of amides is 1. The van der Waals surface area contributed by atoms with Gasteiger partial charge in [0.25, 0.3) is 0 Å². The molecular formula is C21H31ClN4O3S. The van der Waals surface area contributed by atoms with E-state index >= 15 is 0 Å². The predicted molar refractivity (Wildman–Crippen MR) is 118 cm³/mol. The summed E-state index contributed by atoms with van der Waals surface area (Å²) in [7, 11) is -3.59. The van der Waals surface area contributed by atoms with Crippen molar-refractivity contribution in [2.24, 2.45) is 11.7 Å². The second kappa shape index (κ2) is 8.30. The van der Waals surface area contributed by atoms with Crippen molar-refractivity contribution < 1.29 is 13.2 Å². The normalized spacial score (nSPS) is 26.6. The predicted octanol–water partition coefficient (Wildman–Crippen LogP) is 1.99. The lowest BCUT2D eigenvalue weighted by molar-refractivity contribution is -0.125. The number of likely N-dealkylation sites (N-methyl/N-ethyl adjacent to an activating group) is 1. The fourth-order valence-corrected chi connectivity index (χ4v) is 6.86. The van der Waals surface area contributed by atoms with Crippen LogP contribution in [0.3, 0.4) is 0 Å². The van der Waals surface area contributed by atoms with Gasteiger partial charge in [0.2, 0.25) is 5.91 Å². The van der Waals surface area contributed by atoms with E-state index in [1.807, 2.05) is 6.07 Å². The van der Waals surface area contributed by atoms with Crippen molar-refractivity contribution >= 4 is 33.0 Å². The number of rotatable bonds is 6. The topological polar surface area (TPSA) is 95.7 Å². The Balaban J connectivity index is 1.43. The quantitative estimate of drug-likeness (QED) is 0.638. The van der Waals surface area contributed by atoms with Crippen LogP contribution in [0.5, 0.6) is 0 Å². The van der Waals surface area contributed by atoms with Crippen molar-refractivity contribution in [2.45, 2.75) is 54.8 Å². The molecule has 3 N–H and O–H groups in total. The first-order valence-corrected chi connectivity index (χ1v) is 12.8. The maximum absolute atomic E-state index is 13.2. The summed E-state index contributed by atoms with van der Waals surface area (Å²) in [6.07, 6.45) is 2.91. The van der Waals surface area contributed by atoms with Crippen LogP contribution in [0.1, 0.15) is 39.0 Å². The minimum absolute atomic E-state index is 0.125. The molecule has 1 aromatic carbocycles.